The molecule has 0 unspecified atom stereocenters. The number of methoxy groups -OCH3 is 2. The minimum absolute atomic E-state index is 0.0204. The van der Waals surface area contributed by atoms with Crippen LogP contribution in [0.3, 0.4) is 0 Å². The van der Waals surface area contributed by atoms with Gasteiger partial charge in [-0.25, -0.2) is 4.79 Å². The van der Waals surface area contributed by atoms with E-state index in [0.717, 1.165) is 12.1 Å². The number of benzene rings is 2. The van der Waals surface area contributed by atoms with Crippen molar-refractivity contribution in [3.05, 3.63) is 63.2 Å². The minimum Gasteiger partial charge on any atom is -0.493 e. The highest BCUT2D eigenvalue weighted by Gasteiger charge is 2.21. The summed E-state index contributed by atoms with van der Waals surface area (Å²) >= 11 is 0. The van der Waals surface area contributed by atoms with Crippen LogP contribution < -0.4 is 14.8 Å². The monoisotopic (exact) mass is 397 g/mol. The molecule has 2 aromatic rings. The summed E-state index contributed by atoms with van der Waals surface area (Å²) in [5.41, 5.74) is -1.14. The van der Waals surface area contributed by atoms with Crippen molar-refractivity contribution < 1.29 is 29.1 Å². The number of nitro benzene ring substituents is 1. The van der Waals surface area contributed by atoms with Crippen LogP contribution >= 0.6 is 0 Å². The number of hydrogen-bond donors (Lipinski definition) is 2. The van der Waals surface area contributed by atoms with Gasteiger partial charge in [-0.15, -0.1) is 0 Å². The number of aromatic carboxylic acids is 1. The summed E-state index contributed by atoms with van der Waals surface area (Å²) in [5.74, 6) is -1.92. The molecule has 2 rings (SSSR count). The van der Waals surface area contributed by atoms with Crippen LogP contribution in [0.25, 0.3) is 6.08 Å². The standard InChI is InChI=1S/C19H15N3O7/c1-28-16-8-11(15(22(26)27)9-17(16)29-2)7-12(10-20)18(23)21-14-6-4-3-5-13(14)19(24)25/h3-9H,1-2H3,(H,21,23)(H,24,25)/b12-7+. The fourth-order valence-corrected chi connectivity index (χ4v) is 2.43. The van der Waals surface area contributed by atoms with Gasteiger partial charge in [0.05, 0.1) is 42.0 Å². The third-order valence-corrected chi connectivity index (χ3v) is 3.80. The van der Waals surface area contributed by atoms with Gasteiger partial charge in [-0.3, -0.25) is 14.9 Å². The summed E-state index contributed by atoms with van der Waals surface area (Å²) < 4.78 is 10.1. The number of rotatable bonds is 7. The number of nitriles is 1. The van der Waals surface area contributed by atoms with Gasteiger partial charge < -0.3 is 19.9 Å². The van der Waals surface area contributed by atoms with Crippen LogP contribution in [0.4, 0.5) is 11.4 Å². The van der Waals surface area contributed by atoms with Gasteiger partial charge in [0.25, 0.3) is 11.6 Å². The number of ether oxygens (including phenoxy) is 2. The molecule has 0 bridgehead atoms. The molecule has 0 spiro atoms. The molecule has 10 nitrogen and oxygen atoms in total. The zero-order chi connectivity index (χ0) is 21.6. The van der Waals surface area contributed by atoms with E-state index in [1.165, 1.54) is 44.6 Å². The van der Waals surface area contributed by atoms with Crippen LogP contribution in [0.5, 0.6) is 11.5 Å². The summed E-state index contributed by atoms with van der Waals surface area (Å²) in [7, 11) is 2.64. The molecule has 2 aromatic carbocycles. The molecule has 2 N–H and O–H groups in total. The van der Waals surface area contributed by atoms with Gasteiger partial charge in [-0.1, -0.05) is 12.1 Å². The van der Waals surface area contributed by atoms with Gasteiger partial charge >= 0.3 is 5.97 Å². The molecule has 0 saturated heterocycles. The molecule has 0 heterocycles. The summed E-state index contributed by atoms with van der Waals surface area (Å²) in [6.45, 7) is 0. The van der Waals surface area contributed by atoms with E-state index in [9.17, 15) is 30.1 Å². The molecule has 0 atom stereocenters. The molecule has 10 heteroatoms. The van der Waals surface area contributed by atoms with Crippen molar-refractivity contribution in [1.82, 2.24) is 0 Å². The normalized spacial score (nSPS) is 10.6. The molecule has 0 saturated carbocycles. The first-order valence-electron chi connectivity index (χ1n) is 7.98. The van der Waals surface area contributed by atoms with Crippen LogP contribution in [-0.4, -0.2) is 36.1 Å². The van der Waals surface area contributed by atoms with E-state index in [1.54, 1.807) is 6.07 Å². The molecule has 29 heavy (non-hydrogen) atoms. The number of carboxylic acids is 1. The Balaban J connectivity index is 2.49. The number of hydrogen-bond acceptors (Lipinski definition) is 7. The number of anilines is 1. The smallest absolute Gasteiger partial charge is 0.337 e. The van der Waals surface area contributed by atoms with Crippen LogP contribution in [-0.2, 0) is 4.79 Å². The van der Waals surface area contributed by atoms with E-state index < -0.39 is 28.1 Å². The fraction of sp³-hybridized carbons (Fsp3) is 0.105. The topological polar surface area (TPSA) is 152 Å². The summed E-state index contributed by atoms with van der Waals surface area (Å²) in [5, 5.41) is 32.2. The Morgan fingerprint density at radius 2 is 1.83 bits per heavy atom. The van der Waals surface area contributed by atoms with Gasteiger partial charge in [0.1, 0.15) is 11.6 Å². The minimum atomic E-state index is -1.26. The largest absolute Gasteiger partial charge is 0.493 e. The number of nitrogens with one attached hydrogen (secondary N) is 1. The van der Waals surface area contributed by atoms with Gasteiger partial charge in [0.2, 0.25) is 0 Å². The molecule has 0 aliphatic rings. The molecular formula is C19H15N3O7. The maximum atomic E-state index is 12.5. The number of carbonyl (C=O) groups excluding carboxylic acids is 1. The van der Waals surface area contributed by atoms with Crippen molar-refractivity contribution in [2.45, 2.75) is 0 Å². The maximum absolute atomic E-state index is 12.5. The lowest BCUT2D eigenvalue weighted by molar-refractivity contribution is -0.385. The number of nitrogens with zero attached hydrogens (tertiary/aromatic N) is 2. The second kappa shape index (κ2) is 9.01. The first-order chi connectivity index (χ1) is 13.8. The highest BCUT2D eigenvalue weighted by molar-refractivity contribution is 6.12. The number of para-hydroxylation sites is 1. The average Bonchev–Trinajstić information content (AvgIpc) is 2.71. The SMILES string of the molecule is COc1cc(/C=C(\C#N)C(=O)Nc2ccccc2C(=O)O)c([N+](=O)[O-])cc1OC. The predicted molar refractivity (Wildman–Crippen MR) is 102 cm³/mol. The Hall–Kier alpha value is -4.39. The average molecular weight is 397 g/mol. The van der Waals surface area contributed by atoms with E-state index in [-0.39, 0.29) is 28.3 Å². The van der Waals surface area contributed by atoms with Gasteiger partial charge in [0, 0.05) is 0 Å². The van der Waals surface area contributed by atoms with E-state index in [0.29, 0.717) is 0 Å². The molecule has 148 valence electrons. The molecule has 0 radical (unpaired) electrons. The lowest BCUT2D eigenvalue weighted by atomic mass is 10.1. The van der Waals surface area contributed by atoms with Crippen molar-refractivity contribution in [3.8, 4) is 17.6 Å². The highest BCUT2D eigenvalue weighted by atomic mass is 16.6. The first-order valence-corrected chi connectivity index (χ1v) is 7.98. The van der Waals surface area contributed by atoms with E-state index in [4.69, 9.17) is 9.47 Å². The Morgan fingerprint density at radius 1 is 1.21 bits per heavy atom. The lowest BCUT2D eigenvalue weighted by Gasteiger charge is -2.10. The Kier molecular flexibility index (Phi) is 6.50. The Morgan fingerprint density at radius 3 is 2.38 bits per heavy atom. The van der Waals surface area contributed by atoms with Crippen LogP contribution in [0.15, 0.2) is 42.0 Å². The number of amides is 1. The highest BCUT2D eigenvalue weighted by Crippen LogP contribution is 2.35. The van der Waals surface area contributed by atoms with Crippen molar-refractivity contribution >= 4 is 29.3 Å². The molecule has 0 aliphatic carbocycles. The fourth-order valence-electron chi connectivity index (χ4n) is 2.43. The Bertz CT molecular complexity index is 1050. The summed E-state index contributed by atoms with van der Waals surface area (Å²) in [6.07, 6.45) is 1.01. The molecule has 0 fully saturated rings. The molecule has 0 aliphatic heterocycles. The number of carbonyl (C=O) groups is 2. The van der Waals surface area contributed by atoms with E-state index in [2.05, 4.69) is 5.32 Å². The number of carboxylic acid groups (broad SMARTS) is 1. The third kappa shape index (κ3) is 4.67. The zero-order valence-corrected chi connectivity index (χ0v) is 15.3. The second-order valence-electron chi connectivity index (χ2n) is 5.50. The van der Waals surface area contributed by atoms with Gasteiger partial charge in [-0.05, 0) is 24.3 Å². The zero-order valence-electron chi connectivity index (χ0n) is 15.3. The van der Waals surface area contributed by atoms with Gasteiger partial charge in [0.15, 0.2) is 11.5 Å². The molecular weight excluding hydrogens is 382 g/mol. The third-order valence-electron chi connectivity index (χ3n) is 3.80. The second-order valence-corrected chi connectivity index (χ2v) is 5.50. The van der Waals surface area contributed by atoms with Crippen molar-refractivity contribution in [1.29, 1.82) is 5.26 Å². The van der Waals surface area contributed by atoms with Crippen molar-refractivity contribution in [2.24, 2.45) is 0 Å². The van der Waals surface area contributed by atoms with Crippen LogP contribution in [0.1, 0.15) is 15.9 Å². The maximum Gasteiger partial charge on any atom is 0.337 e. The predicted octanol–water partition coefficient (Wildman–Crippen LogP) is 2.86. The first kappa shape index (κ1) is 20.9. The van der Waals surface area contributed by atoms with Crippen molar-refractivity contribution in [2.75, 3.05) is 19.5 Å². The lowest BCUT2D eigenvalue weighted by Crippen LogP contribution is -2.16. The quantitative estimate of drug-likeness (QED) is 0.313. The van der Waals surface area contributed by atoms with Crippen LogP contribution in [0, 0.1) is 21.4 Å². The van der Waals surface area contributed by atoms with Crippen LogP contribution in [0.2, 0.25) is 0 Å². The summed E-state index contributed by atoms with van der Waals surface area (Å²) in [6, 6.07) is 9.65. The van der Waals surface area contributed by atoms with Gasteiger partial charge in [-0.2, -0.15) is 5.26 Å². The van der Waals surface area contributed by atoms with Crippen molar-refractivity contribution in [3.63, 3.8) is 0 Å². The molecule has 0 aromatic heterocycles. The summed E-state index contributed by atoms with van der Waals surface area (Å²) in [4.78, 5) is 34.4. The Labute approximate surface area is 164 Å². The van der Waals surface area contributed by atoms with E-state index >= 15 is 0 Å². The number of nitro groups is 1. The molecule has 1 amide bonds. The van der Waals surface area contributed by atoms with E-state index in [1.807, 2.05) is 0 Å².